The number of H-pyrrole nitrogens is 1. The third kappa shape index (κ3) is 2.40. The number of amides is 1. The Morgan fingerprint density at radius 2 is 1.96 bits per heavy atom. The van der Waals surface area contributed by atoms with Gasteiger partial charge in [0.25, 0.3) is 0 Å². The molecule has 116 valence electrons. The van der Waals surface area contributed by atoms with E-state index in [1.165, 1.54) is 5.56 Å². The number of benzene rings is 2. The fraction of sp³-hybridized carbons (Fsp3) is 0.263. The van der Waals surface area contributed by atoms with E-state index in [9.17, 15) is 4.79 Å². The Labute approximate surface area is 135 Å². The van der Waals surface area contributed by atoms with E-state index in [0.717, 1.165) is 29.0 Å². The lowest BCUT2D eigenvalue weighted by Gasteiger charge is -2.19. The molecule has 4 nitrogen and oxygen atoms in total. The van der Waals surface area contributed by atoms with E-state index in [0.29, 0.717) is 13.0 Å². The Balaban J connectivity index is 1.65. The van der Waals surface area contributed by atoms with Crippen LogP contribution in [0.2, 0.25) is 0 Å². The molecule has 1 atom stereocenters. The van der Waals surface area contributed by atoms with Crippen LogP contribution in [0.4, 0.5) is 5.69 Å². The van der Waals surface area contributed by atoms with E-state index in [-0.39, 0.29) is 11.8 Å². The van der Waals surface area contributed by atoms with Crippen LogP contribution in [0.25, 0.3) is 11.0 Å². The summed E-state index contributed by atoms with van der Waals surface area (Å²) in [6.45, 7) is 2.81. The highest BCUT2D eigenvalue weighted by atomic mass is 16.2. The summed E-state index contributed by atoms with van der Waals surface area (Å²) in [5.41, 5.74) is 4.24. The van der Waals surface area contributed by atoms with Crippen LogP contribution in [-0.4, -0.2) is 22.4 Å². The maximum atomic E-state index is 12.5. The molecule has 0 bridgehead atoms. The molecule has 2 aromatic carbocycles. The lowest BCUT2D eigenvalue weighted by Crippen LogP contribution is -2.25. The topological polar surface area (TPSA) is 49.0 Å². The fourth-order valence-electron chi connectivity index (χ4n) is 3.36. The molecule has 2 heterocycles. The Kier molecular flexibility index (Phi) is 3.37. The van der Waals surface area contributed by atoms with Gasteiger partial charge in [0.05, 0.1) is 11.0 Å². The molecular weight excluding hydrogens is 286 g/mol. The first-order valence-electron chi connectivity index (χ1n) is 8.09. The number of hydrogen-bond donors (Lipinski definition) is 1. The van der Waals surface area contributed by atoms with E-state index in [1.807, 2.05) is 47.4 Å². The SMILES string of the molecule is CCc1ccccc1N1CC(c2nc3ccccc3[nH]2)CC1=O. The van der Waals surface area contributed by atoms with Gasteiger partial charge in [-0.05, 0) is 30.2 Å². The fourth-order valence-corrected chi connectivity index (χ4v) is 3.36. The van der Waals surface area contributed by atoms with Gasteiger partial charge in [0.1, 0.15) is 5.82 Å². The summed E-state index contributed by atoms with van der Waals surface area (Å²) in [6, 6.07) is 16.2. The van der Waals surface area contributed by atoms with Gasteiger partial charge in [0, 0.05) is 24.6 Å². The normalized spacial score (nSPS) is 18.0. The number of carbonyl (C=O) groups excluding carboxylic acids is 1. The molecule has 1 aliphatic rings. The molecule has 1 N–H and O–H groups in total. The zero-order valence-corrected chi connectivity index (χ0v) is 13.1. The number of nitrogens with one attached hydrogen (secondary N) is 1. The second-order valence-corrected chi connectivity index (χ2v) is 6.03. The zero-order chi connectivity index (χ0) is 15.8. The summed E-state index contributed by atoms with van der Waals surface area (Å²) in [5, 5.41) is 0. The quantitative estimate of drug-likeness (QED) is 0.803. The summed E-state index contributed by atoms with van der Waals surface area (Å²) < 4.78 is 0. The van der Waals surface area contributed by atoms with Crippen molar-refractivity contribution >= 4 is 22.6 Å². The Morgan fingerprint density at radius 1 is 1.17 bits per heavy atom. The number of anilines is 1. The molecule has 1 saturated heterocycles. The number of aromatic nitrogens is 2. The lowest BCUT2D eigenvalue weighted by molar-refractivity contribution is -0.117. The van der Waals surface area contributed by atoms with Crippen molar-refractivity contribution in [2.24, 2.45) is 0 Å². The van der Waals surface area contributed by atoms with Crippen LogP contribution in [0.5, 0.6) is 0 Å². The van der Waals surface area contributed by atoms with Crippen LogP contribution in [0.1, 0.15) is 30.7 Å². The van der Waals surface area contributed by atoms with Crippen molar-refractivity contribution in [1.29, 1.82) is 0 Å². The van der Waals surface area contributed by atoms with Gasteiger partial charge in [-0.15, -0.1) is 0 Å². The van der Waals surface area contributed by atoms with Crippen molar-refractivity contribution < 1.29 is 4.79 Å². The molecule has 0 spiro atoms. The van der Waals surface area contributed by atoms with E-state index >= 15 is 0 Å². The van der Waals surface area contributed by atoms with Crippen LogP contribution >= 0.6 is 0 Å². The van der Waals surface area contributed by atoms with Gasteiger partial charge in [0.2, 0.25) is 5.91 Å². The molecule has 1 unspecified atom stereocenters. The number of nitrogens with zero attached hydrogens (tertiary/aromatic N) is 2. The van der Waals surface area contributed by atoms with E-state index in [4.69, 9.17) is 0 Å². The number of aryl methyl sites for hydroxylation is 1. The van der Waals surface area contributed by atoms with E-state index in [2.05, 4.69) is 23.0 Å². The molecule has 1 amide bonds. The van der Waals surface area contributed by atoms with Gasteiger partial charge in [-0.25, -0.2) is 4.98 Å². The first kappa shape index (κ1) is 14.0. The average molecular weight is 305 g/mol. The summed E-state index contributed by atoms with van der Waals surface area (Å²) >= 11 is 0. The zero-order valence-electron chi connectivity index (χ0n) is 13.1. The largest absolute Gasteiger partial charge is 0.342 e. The number of para-hydroxylation sites is 3. The minimum Gasteiger partial charge on any atom is -0.342 e. The Bertz CT molecular complexity index is 835. The van der Waals surface area contributed by atoms with Crippen LogP contribution in [0, 0.1) is 0 Å². The van der Waals surface area contributed by atoms with Crippen LogP contribution in [-0.2, 0) is 11.2 Å². The predicted octanol–water partition coefficient (Wildman–Crippen LogP) is 3.65. The molecule has 4 heteroatoms. The van der Waals surface area contributed by atoms with Gasteiger partial charge < -0.3 is 9.88 Å². The molecule has 3 aromatic rings. The van der Waals surface area contributed by atoms with Gasteiger partial charge in [-0.3, -0.25) is 4.79 Å². The average Bonchev–Trinajstić information content (AvgIpc) is 3.18. The summed E-state index contributed by atoms with van der Waals surface area (Å²) in [4.78, 5) is 22.5. The van der Waals surface area contributed by atoms with Crippen molar-refractivity contribution in [2.45, 2.75) is 25.7 Å². The molecular formula is C19H19N3O. The van der Waals surface area contributed by atoms with Crippen LogP contribution < -0.4 is 4.90 Å². The van der Waals surface area contributed by atoms with Crippen molar-refractivity contribution in [2.75, 3.05) is 11.4 Å². The second-order valence-electron chi connectivity index (χ2n) is 6.03. The molecule has 0 aliphatic carbocycles. The summed E-state index contributed by atoms with van der Waals surface area (Å²) in [5.74, 6) is 1.21. The standard InChI is InChI=1S/C19H19N3O/c1-2-13-7-3-6-10-17(13)22-12-14(11-18(22)23)19-20-15-8-4-5-9-16(15)21-19/h3-10,14H,2,11-12H2,1H3,(H,20,21). The molecule has 4 rings (SSSR count). The second kappa shape index (κ2) is 5.54. The highest BCUT2D eigenvalue weighted by Gasteiger charge is 2.34. The molecule has 23 heavy (non-hydrogen) atoms. The number of rotatable bonds is 3. The highest BCUT2D eigenvalue weighted by Crippen LogP contribution is 2.33. The van der Waals surface area contributed by atoms with Crippen molar-refractivity contribution in [3.63, 3.8) is 0 Å². The third-order valence-electron chi connectivity index (χ3n) is 4.58. The maximum absolute atomic E-state index is 12.5. The first-order valence-corrected chi connectivity index (χ1v) is 8.09. The smallest absolute Gasteiger partial charge is 0.227 e. The van der Waals surface area contributed by atoms with Gasteiger partial charge in [-0.2, -0.15) is 0 Å². The predicted molar refractivity (Wildman–Crippen MR) is 91.6 cm³/mol. The van der Waals surface area contributed by atoms with Crippen molar-refractivity contribution in [1.82, 2.24) is 9.97 Å². The number of aromatic amines is 1. The number of imidazole rings is 1. The van der Waals surface area contributed by atoms with Gasteiger partial charge in [-0.1, -0.05) is 37.3 Å². The number of carbonyl (C=O) groups is 1. The maximum Gasteiger partial charge on any atom is 0.227 e. The van der Waals surface area contributed by atoms with Gasteiger partial charge >= 0.3 is 0 Å². The van der Waals surface area contributed by atoms with Crippen molar-refractivity contribution in [3.8, 4) is 0 Å². The van der Waals surface area contributed by atoms with Gasteiger partial charge in [0.15, 0.2) is 0 Å². The van der Waals surface area contributed by atoms with Crippen LogP contribution in [0.15, 0.2) is 48.5 Å². The first-order chi connectivity index (χ1) is 11.3. The lowest BCUT2D eigenvalue weighted by atomic mass is 10.1. The number of hydrogen-bond acceptors (Lipinski definition) is 2. The van der Waals surface area contributed by atoms with E-state index < -0.39 is 0 Å². The Hall–Kier alpha value is -2.62. The minimum absolute atomic E-state index is 0.125. The van der Waals surface area contributed by atoms with E-state index in [1.54, 1.807) is 0 Å². The number of fused-ring (bicyclic) bond motifs is 1. The van der Waals surface area contributed by atoms with Crippen molar-refractivity contribution in [3.05, 3.63) is 59.9 Å². The molecule has 1 aromatic heterocycles. The van der Waals surface area contributed by atoms with Crippen LogP contribution in [0.3, 0.4) is 0 Å². The summed E-state index contributed by atoms with van der Waals surface area (Å²) in [6.07, 6.45) is 1.44. The molecule has 0 radical (unpaired) electrons. The molecule has 1 aliphatic heterocycles. The molecule has 1 fully saturated rings. The molecule has 0 saturated carbocycles. The summed E-state index contributed by atoms with van der Waals surface area (Å²) in [7, 11) is 0. The highest BCUT2D eigenvalue weighted by molar-refractivity contribution is 5.97. The monoisotopic (exact) mass is 305 g/mol. The third-order valence-corrected chi connectivity index (χ3v) is 4.58. The minimum atomic E-state index is 0.125. The Morgan fingerprint density at radius 3 is 2.78 bits per heavy atom.